The number of halogens is 1. The molecule has 0 fully saturated rings. The van der Waals surface area contributed by atoms with Crippen LogP contribution in [0.2, 0.25) is 5.02 Å². The molecular formula is C21H21ClN2O2. The quantitative estimate of drug-likeness (QED) is 0.699. The van der Waals surface area contributed by atoms with Crippen LogP contribution in [0.3, 0.4) is 0 Å². The molecule has 2 amide bonds. The standard InChI is InChI=1S/C21H21ClN2O2/c1-24(14-15-4-8-19(22)9-5-15)21(25)23-13-16-3-6-18-12-20(26-2)10-7-17(18)11-16/h3-12H,13-14H2,1-2H3,(H,23,25). The van der Waals surface area contributed by atoms with Gasteiger partial charge in [-0.1, -0.05) is 41.9 Å². The van der Waals surface area contributed by atoms with Crippen molar-refractivity contribution in [2.24, 2.45) is 0 Å². The maximum atomic E-state index is 12.3. The van der Waals surface area contributed by atoms with E-state index in [2.05, 4.69) is 11.4 Å². The van der Waals surface area contributed by atoms with Crippen molar-refractivity contribution in [3.8, 4) is 5.75 Å². The zero-order valence-electron chi connectivity index (χ0n) is 14.8. The van der Waals surface area contributed by atoms with Crippen molar-refractivity contribution < 1.29 is 9.53 Å². The van der Waals surface area contributed by atoms with Crippen molar-refractivity contribution in [1.29, 1.82) is 0 Å². The Hall–Kier alpha value is -2.72. The summed E-state index contributed by atoms with van der Waals surface area (Å²) in [6, 6.07) is 19.5. The van der Waals surface area contributed by atoms with Gasteiger partial charge in [0.2, 0.25) is 0 Å². The first kappa shape index (κ1) is 18.1. The number of methoxy groups -OCH3 is 1. The van der Waals surface area contributed by atoms with Crippen LogP contribution in [-0.4, -0.2) is 25.1 Å². The fourth-order valence-electron chi connectivity index (χ4n) is 2.76. The molecule has 0 unspecified atom stereocenters. The van der Waals surface area contributed by atoms with Gasteiger partial charge >= 0.3 is 6.03 Å². The molecule has 0 atom stereocenters. The zero-order chi connectivity index (χ0) is 18.5. The van der Waals surface area contributed by atoms with Gasteiger partial charge in [0.1, 0.15) is 5.75 Å². The van der Waals surface area contributed by atoms with Gasteiger partial charge in [-0.25, -0.2) is 4.79 Å². The van der Waals surface area contributed by atoms with E-state index in [1.807, 2.05) is 54.6 Å². The molecule has 0 bridgehead atoms. The number of nitrogens with zero attached hydrogens (tertiary/aromatic N) is 1. The van der Waals surface area contributed by atoms with Gasteiger partial charge in [0, 0.05) is 25.2 Å². The summed E-state index contributed by atoms with van der Waals surface area (Å²) in [5, 5.41) is 5.87. The van der Waals surface area contributed by atoms with Crippen molar-refractivity contribution in [2.45, 2.75) is 13.1 Å². The molecule has 0 heterocycles. The molecule has 0 radical (unpaired) electrons. The van der Waals surface area contributed by atoms with E-state index >= 15 is 0 Å². The van der Waals surface area contributed by atoms with Crippen LogP contribution < -0.4 is 10.1 Å². The molecule has 134 valence electrons. The number of hydrogen-bond donors (Lipinski definition) is 1. The lowest BCUT2D eigenvalue weighted by Gasteiger charge is -2.18. The first-order valence-electron chi connectivity index (χ1n) is 8.35. The van der Waals surface area contributed by atoms with E-state index in [9.17, 15) is 4.79 Å². The highest BCUT2D eigenvalue weighted by atomic mass is 35.5. The van der Waals surface area contributed by atoms with Crippen LogP contribution in [0.15, 0.2) is 60.7 Å². The van der Waals surface area contributed by atoms with Gasteiger partial charge in [-0.3, -0.25) is 0 Å². The number of rotatable bonds is 5. The third-order valence-electron chi connectivity index (χ3n) is 4.24. The molecule has 5 heteroatoms. The maximum absolute atomic E-state index is 12.3. The Kier molecular flexibility index (Phi) is 5.64. The summed E-state index contributed by atoms with van der Waals surface area (Å²) < 4.78 is 5.24. The number of ether oxygens (including phenoxy) is 1. The number of nitrogens with one attached hydrogen (secondary N) is 1. The molecule has 1 N–H and O–H groups in total. The summed E-state index contributed by atoms with van der Waals surface area (Å²) >= 11 is 5.89. The van der Waals surface area contributed by atoms with E-state index in [-0.39, 0.29) is 6.03 Å². The first-order valence-corrected chi connectivity index (χ1v) is 8.73. The van der Waals surface area contributed by atoms with Gasteiger partial charge in [-0.2, -0.15) is 0 Å². The minimum Gasteiger partial charge on any atom is -0.497 e. The van der Waals surface area contributed by atoms with E-state index in [4.69, 9.17) is 16.3 Å². The summed E-state index contributed by atoms with van der Waals surface area (Å²) in [6.07, 6.45) is 0. The fraction of sp³-hybridized carbons (Fsp3) is 0.190. The minimum atomic E-state index is -0.116. The summed E-state index contributed by atoms with van der Waals surface area (Å²) in [7, 11) is 3.43. The fourth-order valence-corrected chi connectivity index (χ4v) is 2.88. The third kappa shape index (κ3) is 4.46. The van der Waals surface area contributed by atoms with Crippen LogP contribution in [-0.2, 0) is 13.1 Å². The van der Waals surface area contributed by atoms with Crippen molar-refractivity contribution in [3.05, 3.63) is 76.8 Å². The second kappa shape index (κ2) is 8.11. The Morgan fingerprint density at radius 2 is 1.65 bits per heavy atom. The topological polar surface area (TPSA) is 41.6 Å². The smallest absolute Gasteiger partial charge is 0.317 e. The molecule has 0 spiro atoms. The molecule has 0 saturated carbocycles. The SMILES string of the molecule is COc1ccc2cc(CNC(=O)N(C)Cc3ccc(Cl)cc3)ccc2c1. The second-order valence-corrected chi connectivity index (χ2v) is 6.63. The highest BCUT2D eigenvalue weighted by Crippen LogP contribution is 2.21. The summed E-state index contributed by atoms with van der Waals surface area (Å²) in [5.74, 6) is 0.836. The van der Waals surface area contributed by atoms with Gasteiger partial charge < -0.3 is 15.0 Å². The number of benzene rings is 3. The molecule has 0 aromatic heterocycles. The van der Waals surface area contributed by atoms with Crippen molar-refractivity contribution in [1.82, 2.24) is 10.2 Å². The molecule has 0 aliphatic heterocycles. The van der Waals surface area contributed by atoms with Crippen molar-refractivity contribution in [3.63, 3.8) is 0 Å². The molecule has 0 aliphatic carbocycles. The van der Waals surface area contributed by atoms with Crippen LogP contribution in [0.4, 0.5) is 4.79 Å². The molecule has 3 rings (SSSR count). The Balaban J connectivity index is 1.59. The minimum absolute atomic E-state index is 0.116. The largest absolute Gasteiger partial charge is 0.497 e. The van der Waals surface area contributed by atoms with Crippen molar-refractivity contribution >= 4 is 28.4 Å². The van der Waals surface area contributed by atoms with E-state index < -0.39 is 0 Å². The monoisotopic (exact) mass is 368 g/mol. The Labute approximate surface area is 158 Å². The Morgan fingerprint density at radius 1 is 1.00 bits per heavy atom. The van der Waals surface area contributed by atoms with E-state index in [0.29, 0.717) is 18.1 Å². The molecule has 4 nitrogen and oxygen atoms in total. The normalized spacial score (nSPS) is 10.6. The lowest BCUT2D eigenvalue weighted by atomic mass is 10.1. The number of amides is 2. The number of urea groups is 1. The van der Waals surface area contributed by atoms with Gasteiger partial charge in [-0.15, -0.1) is 0 Å². The molecule has 3 aromatic rings. The molecule has 3 aromatic carbocycles. The summed E-state index contributed by atoms with van der Waals surface area (Å²) in [4.78, 5) is 14.0. The molecule has 0 saturated heterocycles. The molecule has 0 aliphatic rings. The lowest BCUT2D eigenvalue weighted by Crippen LogP contribution is -2.36. The van der Waals surface area contributed by atoms with E-state index in [0.717, 1.165) is 27.6 Å². The van der Waals surface area contributed by atoms with Crippen LogP contribution in [0, 0.1) is 0 Å². The average Bonchev–Trinajstić information content (AvgIpc) is 2.67. The predicted octanol–water partition coefficient (Wildman–Crippen LogP) is 4.84. The zero-order valence-corrected chi connectivity index (χ0v) is 15.6. The highest BCUT2D eigenvalue weighted by Gasteiger charge is 2.09. The Bertz CT molecular complexity index is 910. The number of hydrogen-bond acceptors (Lipinski definition) is 2. The van der Waals surface area contributed by atoms with Crippen LogP contribution in [0.1, 0.15) is 11.1 Å². The first-order chi connectivity index (χ1) is 12.5. The number of carbonyl (C=O) groups excluding carboxylic acids is 1. The van der Waals surface area contributed by atoms with Crippen LogP contribution in [0.5, 0.6) is 5.75 Å². The number of fused-ring (bicyclic) bond motifs is 1. The molecular weight excluding hydrogens is 348 g/mol. The van der Waals surface area contributed by atoms with Gasteiger partial charge in [0.15, 0.2) is 0 Å². The van der Waals surface area contributed by atoms with Crippen molar-refractivity contribution in [2.75, 3.05) is 14.2 Å². The molecule has 26 heavy (non-hydrogen) atoms. The van der Waals surface area contributed by atoms with Gasteiger partial charge in [0.05, 0.1) is 7.11 Å². The predicted molar refractivity (Wildman–Crippen MR) is 106 cm³/mol. The number of carbonyl (C=O) groups is 1. The lowest BCUT2D eigenvalue weighted by molar-refractivity contribution is 0.206. The Morgan fingerprint density at radius 3 is 2.38 bits per heavy atom. The van der Waals surface area contributed by atoms with E-state index in [1.54, 1.807) is 19.1 Å². The average molecular weight is 369 g/mol. The second-order valence-electron chi connectivity index (χ2n) is 6.19. The van der Waals surface area contributed by atoms with Gasteiger partial charge in [0.25, 0.3) is 0 Å². The van der Waals surface area contributed by atoms with E-state index in [1.165, 1.54) is 0 Å². The van der Waals surface area contributed by atoms with Crippen LogP contribution >= 0.6 is 11.6 Å². The summed E-state index contributed by atoms with van der Waals surface area (Å²) in [6.45, 7) is 1.01. The van der Waals surface area contributed by atoms with Crippen LogP contribution in [0.25, 0.3) is 10.8 Å². The van der Waals surface area contributed by atoms with Gasteiger partial charge in [-0.05, 0) is 52.2 Å². The summed E-state index contributed by atoms with van der Waals surface area (Å²) in [5.41, 5.74) is 2.09. The highest BCUT2D eigenvalue weighted by molar-refractivity contribution is 6.30. The third-order valence-corrected chi connectivity index (χ3v) is 4.49. The maximum Gasteiger partial charge on any atom is 0.317 e.